The van der Waals surface area contributed by atoms with E-state index in [1.54, 1.807) is 0 Å². The maximum Gasteiger partial charge on any atom is 0.0635 e. The smallest absolute Gasteiger partial charge is 0.0635 e. The number of benzene rings is 2. The summed E-state index contributed by atoms with van der Waals surface area (Å²) in [5, 5.41) is 16.6. The van der Waals surface area contributed by atoms with Crippen LogP contribution in [-0.2, 0) is 6.54 Å². The lowest BCUT2D eigenvalue weighted by molar-refractivity contribution is 0.249. The standard InChI is InChI=1S/C21H30N2O/c1-14(2)20(13-24)23-19-9-7-6-8-18(19)12-22-21-16(4)10-15(3)11-17(21)5/h6-11,14,20,22-24H,12-13H2,1-5H3/t20-/m1/s1. The summed E-state index contributed by atoms with van der Waals surface area (Å²) in [6.45, 7) is 11.5. The molecule has 1 atom stereocenters. The first-order valence-corrected chi connectivity index (χ1v) is 8.69. The zero-order valence-corrected chi connectivity index (χ0v) is 15.5. The van der Waals surface area contributed by atoms with E-state index >= 15 is 0 Å². The Bertz CT molecular complexity index is 656. The highest BCUT2D eigenvalue weighted by molar-refractivity contribution is 5.60. The molecule has 24 heavy (non-hydrogen) atoms. The van der Waals surface area contributed by atoms with Gasteiger partial charge in [-0.3, -0.25) is 0 Å². The minimum atomic E-state index is 0.0639. The number of nitrogens with one attached hydrogen (secondary N) is 2. The molecule has 0 saturated heterocycles. The fraction of sp³-hybridized carbons (Fsp3) is 0.429. The number of hydrogen-bond acceptors (Lipinski definition) is 3. The molecule has 0 radical (unpaired) electrons. The van der Waals surface area contributed by atoms with Crippen LogP contribution in [0.5, 0.6) is 0 Å². The van der Waals surface area contributed by atoms with E-state index in [9.17, 15) is 5.11 Å². The lowest BCUT2D eigenvalue weighted by Crippen LogP contribution is -2.30. The lowest BCUT2D eigenvalue weighted by atomic mass is 10.0. The second-order valence-corrected chi connectivity index (χ2v) is 6.96. The Labute approximate surface area is 146 Å². The second kappa shape index (κ2) is 8.20. The molecule has 0 unspecified atom stereocenters. The molecule has 0 amide bonds. The molecule has 3 nitrogen and oxygen atoms in total. The molecule has 2 rings (SSSR count). The number of rotatable bonds is 7. The maximum atomic E-state index is 9.58. The molecule has 0 aliphatic heterocycles. The Morgan fingerprint density at radius 2 is 1.62 bits per heavy atom. The monoisotopic (exact) mass is 326 g/mol. The van der Waals surface area contributed by atoms with Gasteiger partial charge in [0.15, 0.2) is 0 Å². The van der Waals surface area contributed by atoms with Gasteiger partial charge in [0, 0.05) is 17.9 Å². The van der Waals surface area contributed by atoms with Crippen molar-refractivity contribution in [3.05, 3.63) is 58.7 Å². The van der Waals surface area contributed by atoms with Crippen molar-refractivity contribution in [2.24, 2.45) is 5.92 Å². The zero-order valence-electron chi connectivity index (χ0n) is 15.5. The zero-order chi connectivity index (χ0) is 17.7. The second-order valence-electron chi connectivity index (χ2n) is 6.96. The van der Waals surface area contributed by atoms with Crippen LogP contribution in [0.1, 0.15) is 36.1 Å². The molecular weight excluding hydrogens is 296 g/mol. The van der Waals surface area contributed by atoms with Crippen molar-refractivity contribution >= 4 is 11.4 Å². The Hall–Kier alpha value is -2.00. The van der Waals surface area contributed by atoms with Gasteiger partial charge in [-0.1, -0.05) is 49.7 Å². The van der Waals surface area contributed by atoms with E-state index in [0.717, 1.165) is 12.2 Å². The molecule has 0 aliphatic carbocycles. The van der Waals surface area contributed by atoms with Gasteiger partial charge in [-0.05, 0) is 49.4 Å². The lowest BCUT2D eigenvalue weighted by Gasteiger charge is -2.23. The van der Waals surface area contributed by atoms with E-state index < -0.39 is 0 Å². The van der Waals surface area contributed by atoms with Crippen LogP contribution >= 0.6 is 0 Å². The molecule has 3 N–H and O–H groups in total. The van der Waals surface area contributed by atoms with Gasteiger partial charge in [-0.15, -0.1) is 0 Å². The molecular formula is C21H30N2O. The number of para-hydroxylation sites is 1. The molecule has 3 heteroatoms. The van der Waals surface area contributed by atoms with Crippen LogP contribution in [0.3, 0.4) is 0 Å². The van der Waals surface area contributed by atoms with Crippen LogP contribution in [0.25, 0.3) is 0 Å². The predicted octanol–water partition coefficient (Wildman–Crippen LogP) is 4.65. The summed E-state index contributed by atoms with van der Waals surface area (Å²) < 4.78 is 0. The van der Waals surface area contributed by atoms with Crippen molar-refractivity contribution in [1.82, 2.24) is 0 Å². The van der Waals surface area contributed by atoms with Gasteiger partial charge in [0.25, 0.3) is 0 Å². The third-order valence-corrected chi connectivity index (χ3v) is 4.49. The summed E-state index contributed by atoms with van der Waals surface area (Å²) >= 11 is 0. The summed E-state index contributed by atoms with van der Waals surface area (Å²) in [5.41, 5.74) is 7.33. The summed E-state index contributed by atoms with van der Waals surface area (Å²) in [5.74, 6) is 0.373. The number of aryl methyl sites for hydroxylation is 3. The molecule has 130 valence electrons. The van der Waals surface area contributed by atoms with Gasteiger partial charge in [0.05, 0.1) is 12.6 Å². The molecule has 0 saturated carbocycles. The molecule has 0 fully saturated rings. The third kappa shape index (κ3) is 4.51. The summed E-state index contributed by atoms with van der Waals surface area (Å²) in [6, 6.07) is 12.8. The van der Waals surface area contributed by atoms with E-state index in [4.69, 9.17) is 0 Å². The average molecular weight is 326 g/mol. The van der Waals surface area contributed by atoms with Crippen molar-refractivity contribution in [2.45, 2.75) is 47.2 Å². The average Bonchev–Trinajstić information content (AvgIpc) is 2.52. The molecule has 0 heterocycles. The Morgan fingerprint density at radius 1 is 1.00 bits per heavy atom. The van der Waals surface area contributed by atoms with Gasteiger partial charge in [-0.2, -0.15) is 0 Å². The number of anilines is 2. The first-order valence-electron chi connectivity index (χ1n) is 8.69. The summed E-state index contributed by atoms with van der Waals surface area (Å²) in [4.78, 5) is 0. The van der Waals surface area contributed by atoms with E-state index in [-0.39, 0.29) is 12.6 Å². The van der Waals surface area contributed by atoms with E-state index in [0.29, 0.717) is 5.92 Å². The minimum absolute atomic E-state index is 0.0639. The molecule has 2 aromatic carbocycles. The molecule has 2 aromatic rings. The SMILES string of the molecule is Cc1cc(C)c(NCc2ccccc2N[C@H](CO)C(C)C)c(C)c1. The highest BCUT2D eigenvalue weighted by atomic mass is 16.3. The van der Waals surface area contributed by atoms with Crippen LogP contribution in [0, 0.1) is 26.7 Å². The van der Waals surface area contributed by atoms with Crippen LogP contribution in [-0.4, -0.2) is 17.8 Å². The van der Waals surface area contributed by atoms with Crippen molar-refractivity contribution in [2.75, 3.05) is 17.2 Å². The first-order chi connectivity index (χ1) is 11.4. The van der Waals surface area contributed by atoms with Crippen LogP contribution in [0.15, 0.2) is 36.4 Å². The predicted molar refractivity (Wildman–Crippen MR) is 104 cm³/mol. The quantitative estimate of drug-likeness (QED) is 0.694. The van der Waals surface area contributed by atoms with E-state index in [1.165, 1.54) is 27.9 Å². The van der Waals surface area contributed by atoms with Crippen molar-refractivity contribution < 1.29 is 5.11 Å². The van der Waals surface area contributed by atoms with Crippen molar-refractivity contribution in [1.29, 1.82) is 0 Å². The Morgan fingerprint density at radius 3 is 2.21 bits per heavy atom. The highest BCUT2D eigenvalue weighted by Gasteiger charge is 2.13. The van der Waals surface area contributed by atoms with Crippen LogP contribution in [0.2, 0.25) is 0 Å². The Kier molecular flexibility index (Phi) is 6.27. The third-order valence-electron chi connectivity index (χ3n) is 4.49. The van der Waals surface area contributed by atoms with Crippen molar-refractivity contribution in [3.8, 4) is 0 Å². The maximum absolute atomic E-state index is 9.58. The van der Waals surface area contributed by atoms with Crippen LogP contribution in [0.4, 0.5) is 11.4 Å². The van der Waals surface area contributed by atoms with Gasteiger partial charge in [0.1, 0.15) is 0 Å². The summed E-state index contributed by atoms with van der Waals surface area (Å²) in [7, 11) is 0. The fourth-order valence-corrected chi connectivity index (χ4v) is 3.08. The molecule has 0 aromatic heterocycles. The number of aliphatic hydroxyl groups is 1. The van der Waals surface area contributed by atoms with Gasteiger partial charge < -0.3 is 15.7 Å². The first kappa shape index (κ1) is 18.3. The van der Waals surface area contributed by atoms with Gasteiger partial charge >= 0.3 is 0 Å². The normalized spacial score (nSPS) is 12.3. The minimum Gasteiger partial charge on any atom is -0.394 e. The molecule has 0 bridgehead atoms. The number of hydrogen-bond donors (Lipinski definition) is 3. The number of aliphatic hydroxyl groups excluding tert-OH is 1. The van der Waals surface area contributed by atoms with E-state index in [1.807, 2.05) is 6.07 Å². The van der Waals surface area contributed by atoms with Crippen LogP contribution < -0.4 is 10.6 Å². The Balaban J connectivity index is 2.16. The topological polar surface area (TPSA) is 44.3 Å². The molecule has 0 aliphatic rings. The van der Waals surface area contributed by atoms with Gasteiger partial charge in [-0.25, -0.2) is 0 Å². The summed E-state index contributed by atoms with van der Waals surface area (Å²) in [6.07, 6.45) is 0. The largest absolute Gasteiger partial charge is 0.394 e. The molecule has 0 spiro atoms. The fourth-order valence-electron chi connectivity index (χ4n) is 3.08. The van der Waals surface area contributed by atoms with Gasteiger partial charge in [0.2, 0.25) is 0 Å². The van der Waals surface area contributed by atoms with E-state index in [2.05, 4.69) is 75.6 Å². The highest BCUT2D eigenvalue weighted by Crippen LogP contribution is 2.24. The van der Waals surface area contributed by atoms with Crippen molar-refractivity contribution in [3.63, 3.8) is 0 Å².